The molecule has 0 unspecified atom stereocenters. The predicted molar refractivity (Wildman–Crippen MR) is 59.2 cm³/mol. The summed E-state index contributed by atoms with van der Waals surface area (Å²) >= 11 is 0. The molecule has 0 atom stereocenters. The van der Waals surface area contributed by atoms with Gasteiger partial charge in [0.2, 0.25) is 30.1 Å². The van der Waals surface area contributed by atoms with Crippen molar-refractivity contribution >= 4 is 30.1 Å². The van der Waals surface area contributed by atoms with Crippen molar-refractivity contribution in [2.24, 2.45) is 0 Å². The molecule has 0 aromatic carbocycles. The van der Waals surface area contributed by atoms with Crippen LogP contribution in [0.3, 0.4) is 0 Å². The van der Waals surface area contributed by atoms with Crippen LogP contribution in [0.5, 0.6) is 0 Å². The van der Waals surface area contributed by atoms with Gasteiger partial charge in [0, 0.05) is 13.1 Å². The fourth-order valence-electron chi connectivity index (χ4n) is 0.900. The zero-order valence-corrected chi connectivity index (χ0v) is 11.5. The van der Waals surface area contributed by atoms with Crippen LogP contribution >= 0.6 is 0 Å². The van der Waals surface area contributed by atoms with Gasteiger partial charge in [-0.1, -0.05) is 3.71 Å². The van der Waals surface area contributed by atoms with Crippen molar-refractivity contribution in [1.29, 1.82) is 0 Å². The Balaban J connectivity index is 4.76. The molecule has 0 bridgehead atoms. The van der Waals surface area contributed by atoms with E-state index in [-0.39, 0.29) is 10.3 Å². The highest BCUT2D eigenvalue weighted by molar-refractivity contribution is 8.03. The molecule has 0 saturated heterocycles. The molecule has 1 N–H and O–H groups in total. The summed E-state index contributed by atoms with van der Waals surface area (Å²) in [5.41, 5.74) is 0. The largest absolute Gasteiger partial charge is 0.224 e. The normalized spacial score (nSPS) is 14.2. The van der Waals surface area contributed by atoms with Crippen LogP contribution in [0.4, 0.5) is 0 Å². The molecule has 0 fully saturated rings. The molecular weight excluding hydrogens is 280 g/mol. The average Bonchev–Trinajstić information content (AvgIpc) is 1.90. The fourth-order valence-corrected chi connectivity index (χ4v) is 4.18. The highest BCUT2D eigenvalue weighted by atomic mass is 32.3. The van der Waals surface area contributed by atoms with E-state index in [4.69, 9.17) is 0 Å². The lowest BCUT2D eigenvalue weighted by atomic mass is 10.7. The Bertz CT molecular complexity index is 499. The molecule has 0 aromatic rings. The summed E-state index contributed by atoms with van der Waals surface area (Å²) in [6.45, 7) is -0.774. The summed E-state index contributed by atoms with van der Waals surface area (Å²) in [6, 6.07) is 0. The second-order valence-corrected chi connectivity index (χ2v) is 9.07. The zero-order chi connectivity index (χ0) is 13.2. The Morgan fingerprint density at radius 2 is 1.25 bits per heavy atom. The van der Waals surface area contributed by atoms with Crippen molar-refractivity contribution in [3.05, 3.63) is 0 Å². The molecule has 0 spiro atoms. The van der Waals surface area contributed by atoms with E-state index in [0.29, 0.717) is 0 Å². The fraction of sp³-hybridized carbons (Fsp3) is 1.00. The summed E-state index contributed by atoms with van der Waals surface area (Å²) in [6.07, 6.45) is 2.35. The highest BCUT2D eigenvalue weighted by Crippen LogP contribution is 2.03. The van der Waals surface area contributed by atoms with Gasteiger partial charge < -0.3 is 0 Å². The maximum absolute atomic E-state index is 11.1. The van der Waals surface area contributed by atoms with Crippen LogP contribution < -0.4 is 4.72 Å². The van der Waals surface area contributed by atoms with Gasteiger partial charge in [-0.15, -0.1) is 0 Å². The Hall–Kier alpha value is -0.230. The van der Waals surface area contributed by atoms with Gasteiger partial charge in [-0.05, 0) is 0 Å². The Labute approximate surface area is 95.8 Å². The van der Waals surface area contributed by atoms with Gasteiger partial charge in [-0.3, -0.25) is 0 Å². The van der Waals surface area contributed by atoms with Crippen molar-refractivity contribution in [1.82, 2.24) is 8.43 Å². The van der Waals surface area contributed by atoms with Crippen molar-refractivity contribution < 1.29 is 25.3 Å². The third-order valence-electron chi connectivity index (χ3n) is 1.40. The lowest BCUT2D eigenvalue weighted by molar-refractivity contribution is 0.502. The summed E-state index contributed by atoms with van der Waals surface area (Å²) in [4.78, 5) is 0. The van der Waals surface area contributed by atoms with Gasteiger partial charge >= 0.3 is 0 Å². The molecule has 0 heterocycles. The lowest BCUT2D eigenvalue weighted by Gasteiger charge is -2.17. The quantitative estimate of drug-likeness (QED) is 0.591. The maximum Gasteiger partial charge on any atom is 0.224 e. The van der Waals surface area contributed by atoms with Crippen LogP contribution in [0.1, 0.15) is 0 Å². The molecule has 0 rings (SSSR count). The van der Waals surface area contributed by atoms with E-state index in [9.17, 15) is 25.3 Å². The molecule has 8 nitrogen and oxygen atoms in total. The first-order chi connectivity index (χ1) is 6.84. The van der Waals surface area contributed by atoms with Crippen molar-refractivity contribution in [2.45, 2.75) is 0 Å². The van der Waals surface area contributed by atoms with Crippen LogP contribution in [-0.2, 0) is 30.1 Å². The van der Waals surface area contributed by atoms with Crippen LogP contribution in [0.2, 0.25) is 0 Å². The van der Waals surface area contributed by atoms with Crippen LogP contribution in [-0.4, -0.2) is 60.8 Å². The van der Waals surface area contributed by atoms with Gasteiger partial charge in [0.15, 0.2) is 0 Å². The molecule has 0 aliphatic rings. The minimum Gasteiger partial charge on any atom is -0.214 e. The number of rotatable bonds is 6. The third kappa shape index (κ3) is 6.37. The molecular formula is C5H14N2O6S3. The molecule has 0 saturated carbocycles. The van der Waals surface area contributed by atoms with E-state index in [2.05, 4.69) is 0 Å². The Morgan fingerprint density at radius 3 is 1.50 bits per heavy atom. The van der Waals surface area contributed by atoms with Gasteiger partial charge in [-0.2, -0.15) is 0 Å². The van der Waals surface area contributed by atoms with Crippen molar-refractivity contribution in [3.8, 4) is 0 Å². The first-order valence-corrected chi connectivity index (χ1v) is 9.55. The van der Waals surface area contributed by atoms with E-state index in [1.807, 2.05) is 4.72 Å². The average molecular weight is 294 g/mol. The van der Waals surface area contributed by atoms with Crippen LogP contribution in [0.15, 0.2) is 0 Å². The number of nitrogens with zero attached hydrogens (tertiary/aromatic N) is 1. The molecule has 0 aromatic heterocycles. The van der Waals surface area contributed by atoms with E-state index < -0.39 is 36.6 Å². The van der Waals surface area contributed by atoms with E-state index in [0.717, 1.165) is 18.8 Å². The second kappa shape index (κ2) is 4.96. The van der Waals surface area contributed by atoms with Gasteiger partial charge in [0.25, 0.3) is 0 Å². The van der Waals surface area contributed by atoms with Crippen LogP contribution in [0.25, 0.3) is 0 Å². The van der Waals surface area contributed by atoms with Crippen molar-refractivity contribution in [2.75, 3.05) is 31.9 Å². The van der Waals surface area contributed by atoms with E-state index in [1.54, 1.807) is 0 Å². The van der Waals surface area contributed by atoms with E-state index >= 15 is 0 Å². The minimum atomic E-state index is -3.93. The first-order valence-electron chi connectivity index (χ1n) is 3.96. The predicted octanol–water partition coefficient (Wildman–Crippen LogP) is -2.24. The molecule has 0 aliphatic carbocycles. The second-order valence-electron chi connectivity index (χ2n) is 3.19. The number of hydrogen-bond donors (Lipinski definition) is 1. The SMILES string of the molecule is CS(=O)(=O)NCCN(S(C)(=O)=O)S(C)(=O)=O. The molecule has 11 heteroatoms. The number of nitrogens with one attached hydrogen (secondary N) is 1. The standard InChI is InChI=1S/C5H14N2O6S3/c1-14(8,9)6-4-5-7(15(2,10)11)16(3,12)13/h6H,4-5H2,1-3H3. The summed E-state index contributed by atoms with van der Waals surface area (Å²) in [5, 5.41) is 0. The van der Waals surface area contributed by atoms with Gasteiger partial charge in [-0.25, -0.2) is 30.0 Å². The third-order valence-corrected chi connectivity index (χ3v) is 5.60. The minimum absolute atomic E-state index is 0.234. The maximum atomic E-state index is 11.1. The Kier molecular flexibility index (Phi) is 4.89. The first kappa shape index (κ1) is 15.8. The Morgan fingerprint density at radius 1 is 0.875 bits per heavy atom. The number of sulfonamides is 3. The van der Waals surface area contributed by atoms with Crippen molar-refractivity contribution in [3.63, 3.8) is 0 Å². The molecule has 0 aliphatic heterocycles. The van der Waals surface area contributed by atoms with Crippen LogP contribution in [0, 0.1) is 0 Å². The number of hydrogen-bond acceptors (Lipinski definition) is 6. The van der Waals surface area contributed by atoms with Gasteiger partial charge in [0.05, 0.1) is 18.8 Å². The summed E-state index contributed by atoms with van der Waals surface area (Å²) in [7, 11) is -11.3. The summed E-state index contributed by atoms with van der Waals surface area (Å²) < 4.78 is 68.0. The smallest absolute Gasteiger partial charge is 0.214 e. The topological polar surface area (TPSA) is 118 Å². The van der Waals surface area contributed by atoms with Gasteiger partial charge in [0.1, 0.15) is 0 Å². The monoisotopic (exact) mass is 294 g/mol. The molecule has 98 valence electrons. The zero-order valence-electron chi connectivity index (χ0n) is 9.04. The molecule has 16 heavy (non-hydrogen) atoms. The molecule has 0 radical (unpaired) electrons. The lowest BCUT2D eigenvalue weighted by Crippen LogP contribution is -2.40. The highest BCUT2D eigenvalue weighted by Gasteiger charge is 2.26. The summed E-state index contributed by atoms with van der Waals surface area (Å²) in [5.74, 6) is 0. The van der Waals surface area contributed by atoms with E-state index in [1.165, 1.54) is 0 Å². The molecule has 0 amide bonds.